The van der Waals surface area contributed by atoms with E-state index in [0.717, 1.165) is 19.1 Å². The molecule has 0 aromatic heterocycles. The molecule has 1 N–H and O–H groups in total. The molecule has 1 aromatic carbocycles. The lowest BCUT2D eigenvalue weighted by atomic mass is 9.85. The minimum Gasteiger partial charge on any atom is -0.314 e. The molecule has 1 heterocycles. The molecule has 0 amide bonds. The van der Waals surface area contributed by atoms with Crippen molar-refractivity contribution in [1.82, 2.24) is 10.2 Å². The average Bonchev–Trinajstić information content (AvgIpc) is 3.29. The summed E-state index contributed by atoms with van der Waals surface area (Å²) in [5.74, 6) is 0.589. The van der Waals surface area contributed by atoms with Crippen LogP contribution in [0, 0.1) is 16.0 Å². The van der Waals surface area contributed by atoms with Crippen LogP contribution >= 0.6 is 0 Å². The highest BCUT2D eigenvalue weighted by molar-refractivity contribution is 5.34. The smallest absolute Gasteiger partial charge is 0.269 e. The van der Waals surface area contributed by atoms with Gasteiger partial charge in [0.1, 0.15) is 0 Å². The second kappa shape index (κ2) is 6.12. The molecule has 2 aliphatic rings. The third kappa shape index (κ3) is 3.41. The van der Waals surface area contributed by atoms with Gasteiger partial charge in [-0.25, -0.2) is 0 Å². The standard InChI is InChI=1S/C16H23N3O2/c1-18-10-2-3-13(11-17-14-6-7-14)16(18)12-4-8-15(9-5-12)19(20)21/h4-5,8-9,13-14,16-17H,2-3,6-7,10-11H2,1H3. The van der Waals surface area contributed by atoms with E-state index in [-0.39, 0.29) is 10.6 Å². The van der Waals surface area contributed by atoms with Crippen molar-refractivity contribution >= 4 is 5.69 Å². The summed E-state index contributed by atoms with van der Waals surface area (Å²) in [6, 6.07) is 8.20. The van der Waals surface area contributed by atoms with Crippen LogP contribution in [0.25, 0.3) is 0 Å². The largest absolute Gasteiger partial charge is 0.314 e. The molecule has 0 radical (unpaired) electrons. The Balaban J connectivity index is 1.75. The molecule has 1 aliphatic carbocycles. The highest BCUT2D eigenvalue weighted by atomic mass is 16.6. The predicted molar refractivity (Wildman–Crippen MR) is 82.2 cm³/mol. The molecule has 1 aliphatic heterocycles. The van der Waals surface area contributed by atoms with Crippen LogP contribution in [0.5, 0.6) is 0 Å². The molecule has 21 heavy (non-hydrogen) atoms. The summed E-state index contributed by atoms with van der Waals surface area (Å²) in [5, 5.41) is 14.4. The Hall–Kier alpha value is -1.46. The summed E-state index contributed by atoms with van der Waals surface area (Å²) in [6.07, 6.45) is 5.08. The van der Waals surface area contributed by atoms with Crippen molar-refractivity contribution < 1.29 is 4.92 Å². The van der Waals surface area contributed by atoms with E-state index in [1.165, 1.54) is 31.2 Å². The summed E-state index contributed by atoms with van der Waals surface area (Å²) >= 11 is 0. The molecule has 1 saturated carbocycles. The molecule has 0 spiro atoms. The van der Waals surface area contributed by atoms with Crippen molar-refractivity contribution in [3.8, 4) is 0 Å². The first kappa shape index (κ1) is 14.5. The predicted octanol–water partition coefficient (Wildman–Crippen LogP) is 2.73. The number of non-ortho nitro benzene ring substituents is 1. The molecule has 2 atom stereocenters. The lowest BCUT2D eigenvalue weighted by Gasteiger charge is -2.39. The number of nitrogens with zero attached hydrogens (tertiary/aromatic N) is 2. The van der Waals surface area contributed by atoms with Gasteiger partial charge in [-0.2, -0.15) is 0 Å². The molecular formula is C16H23N3O2. The van der Waals surface area contributed by atoms with Crippen LogP contribution in [-0.4, -0.2) is 36.0 Å². The quantitative estimate of drug-likeness (QED) is 0.669. The van der Waals surface area contributed by atoms with E-state index in [9.17, 15) is 10.1 Å². The van der Waals surface area contributed by atoms with Crippen LogP contribution in [0.15, 0.2) is 24.3 Å². The van der Waals surface area contributed by atoms with Gasteiger partial charge in [0.2, 0.25) is 0 Å². The van der Waals surface area contributed by atoms with Crippen molar-refractivity contribution in [2.45, 2.75) is 37.8 Å². The van der Waals surface area contributed by atoms with E-state index in [0.29, 0.717) is 12.0 Å². The van der Waals surface area contributed by atoms with Crippen molar-refractivity contribution in [2.75, 3.05) is 20.1 Å². The number of nitro benzene ring substituents is 1. The fourth-order valence-electron chi connectivity index (χ4n) is 3.40. The second-order valence-electron chi connectivity index (χ2n) is 6.36. The van der Waals surface area contributed by atoms with Crippen molar-refractivity contribution in [2.24, 2.45) is 5.92 Å². The minimum atomic E-state index is -0.333. The normalized spacial score (nSPS) is 26.7. The Bertz CT molecular complexity index is 499. The average molecular weight is 289 g/mol. The summed E-state index contributed by atoms with van der Waals surface area (Å²) in [5.41, 5.74) is 1.37. The zero-order valence-corrected chi connectivity index (χ0v) is 12.5. The van der Waals surface area contributed by atoms with Gasteiger partial charge in [0, 0.05) is 30.8 Å². The van der Waals surface area contributed by atoms with E-state index in [2.05, 4.69) is 17.3 Å². The highest BCUT2D eigenvalue weighted by Crippen LogP contribution is 2.35. The molecular weight excluding hydrogens is 266 g/mol. The van der Waals surface area contributed by atoms with Gasteiger partial charge in [0.05, 0.1) is 4.92 Å². The fourth-order valence-corrected chi connectivity index (χ4v) is 3.40. The molecule has 0 bridgehead atoms. The Morgan fingerprint density at radius 1 is 1.29 bits per heavy atom. The number of piperidine rings is 1. The highest BCUT2D eigenvalue weighted by Gasteiger charge is 2.32. The first-order chi connectivity index (χ1) is 10.1. The van der Waals surface area contributed by atoms with Crippen LogP contribution in [0.2, 0.25) is 0 Å². The summed E-state index contributed by atoms with van der Waals surface area (Å²) < 4.78 is 0. The maximum atomic E-state index is 10.8. The molecule has 1 aromatic rings. The van der Waals surface area contributed by atoms with Gasteiger partial charge in [-0.05, 0) is 50.8 Å². The number of rotatable bonds is 5. The van der Waals surface area contributed by atoms with Crippen molar-refractivity contribution in [3.05, 3.63) is 39.9 Å². The van der Waals surface area contributed by atoms with Gasteiger partial charge in [-0.3, -0.25) is 15.0 Å². The Morgan fingerprint density at radius 2 is 2.00 bits per heavy atom. The van der Waals surface area contributed by atoms with Gasteiger partial charge in [-0.1, -0.05) is 12.1 Å². The van der Waals surface area contributed by atoms with Crippen LogP contribution in [0.1, 0.15) is 37.3 Å². The third-order valence-electron chi connectivity index (χ3n) is 4.70. The first-order valence-electron chi connectivity index (χ1n) is 7.83. The van der Waals surface area contributed by atoms with Crippen LogP contribution in [0.3, 0.4) is 0 Å². The third-order valence-corrected chi connectivity index (χ3v) is 4.70. The van der Waals surface area contributed by atoms with Gasteiger partial charge in [-0.15, -0.1) is 0 Å². The number of hydrogen-bond donors (Lipinski definition) is 1. The van der Waals surface area contributed by atoms with Crippen LogP contribution in [-0.2, 0) is 0 Å². The Labute approximate surface area is 125 Å². The second-order valence-corrected chi connectivity index (χ2v) is 6.36. The monoisotopic (exact) mass is 289 g/mol. The van der Waals surface area contributed by atoms with E-state index < -0.39 is 0 Å². The maximum Gasteiger partial charge on any atom is 0.269 e. The maximum absolute atomic E-state index is 10.8. The lowest BCUT2D eigenvalue weighted by molar-refractivity contribution is -0.384. The number of nitro groups is 1. The number of nitrogens with one attached hydrogen (secondary N) is 1. The van der Waals surface area contributed by atoms with Crippen LogP contribution in [0.4, 0.5) is 5.69 Å². The van der Waals surface area contributed by atoms with E-state index in [1.807, 2.05) is 12.1 Å². The first-order valence-corrected chi connectivity index (χ1v) is 7.83. The summed E-state index contributed by atoms with van der Waals surface area (Å²) in [4.78, 5) is 12.8. The molecule has 3 rings (SSSR count). The SMILES string of the molecule is CN1CCCC(CNC2CC2)C1c1ccc([N+](=O)[O-])cc1. The van der Waals surface area contributed by atoms with Gasteiger partial charge in [0.25, 0.3) is 5.69 Å². The lowest BCUT2D eigenvalue weighted by Crippen LogP contribution is -2.40. The number of likely N-dealkylation sites (tertiary alicyclic amines) is 1. The number of benzene rings is 1. The summed E-state index contributed by atoms with van der Waals surface area (Å²) in [6.45, 7) is 2.15. The topological polar surface area (TPSA) is 58.4 Å². The van der Waals surface area contributed by atoms with Crippen molar-refractivity contribution in [1.29, 1.82) is 0 Å². The minimum absolute atomic E-state index is 0.171. The summed E-state index contributed by atoms with van der Waals surface area (Å²) in [7, 11) is 2.16. The Kier molecular flexibility index (Phi) is 4.22. The molecule has 5 nitrogen and oxygen atoms in total. The Morgan fingerprint density at radius 3 is 2.62 bits per heavy atom. The molecule has 5 heteroatoms. The van der Waals surface area contributed by atoms with Gasteiger partial charge >= 0.3 is 0 Å². The van der Waals surface area contributed by atoms with E-state index in [1.54, 1.807) is 12.1 Å². The van der Waals surface area contributed by atoms with E-state index in [4.69, 9.17) is 0 Å². The number of hydrogen-bond acceptors (Lipinski definition) is 4. The van der Waals surface area contributed by atoms with Crippen molar-refractivity contribution in [3.63, 3.8) is 0 Å². The zero-order chi connectivity index (χ0) is 14.8. The van der Waals surface area contributed by atoms with Crippen LogP contribution < -0.4 is 5.32 Å². The molecule has 2 fully saturated rings. The fraction of sp³-hybridized carbons (Fsp3) is 0.625. The molecule has 1 saturated heterocycles. The molecule has 114 valence electrons. The van der Waals surface area contributed by atoms with Gasteiger partial charge < -0.3 is 5.32 Å². The zero-order valence-electron chi connectivity index (χ0n) is 12.5. The van der Waals surface area contributed by atoms with Gasteiger partial charge in [0.15, 0.2) is 0 Å². The molecule has 2 unspecified atom stereocenters. The van der Waals surface area contributed by atoms with E-state index >= 15 is 0 Å².